The summed E-state index contributed by atoms with van der Waals surface area (Å²) in [5.41, 5.74) is 5.25. The van der Waals surface area contributed by atoms with E-state index in [-0.39, 0.29) is 25.3 Å². The SMILES string of the molecule is NCCC(=O)N1CCNC(=O)C1CC(=O)O. The first-order valence-corrected chi connectivity index (χ1v) is 5.05. The Morgan fingerprint density at radius 1 is 1.56 bits per heavy atom. The van der Waals surface area contributed by atoms with Crippen LogP contribution in [0.4, 0.5) is 0 Å². The first-order chi connectivity index (χ1) is 7.56. The topological polar surface area (TPSA) is 113 Å². The number of amides is 2. The number of nitrogens with one attached hydrogen (secondary N) is 1. The lowest BCUT2D eigenvalue weighted by molar-refractivity contribution is -0.148. The summed E-state index contributed by atoms with van der Waals surface area (Å²) in [6, 6.07) is -0.912. The van der Waals surface area contributed by atoms with E-state index in [2.05, 4.69) is 5.32 Å². The summed E-state index contributed by atoms with van der Waals surface area (Å²) in [4.78, 5) is 34.9. The van der Waals surface area contributed by atoms with Gasteiger partial charge in [0.05, 0.1) is 6.42 Å². The Bertz CT molecular complexity index is 305. The van der Waals surface area contributed by atoms with Crippen molar-refractivity contribution in [1.29, 1.82) is 0 Å². The third kappa shape index (κ3) is 2.93. The summed E-state index contributed by atoms with van der Waals surface area (Å²) in [6.07, 6.45) is -0.245. The highest BCUT2D eigenvalue weighted by Crippen LogP contribution is 2.10. The maximum Gasteiger partial charge on any atom is 0.305 e. The Balaban J connectivity index is 2.73. The number of carbonyl (C=O) groups excluding carboxylic acids is 2. The molecule has 0 bridgehead atoms. The number of carboxylic acids is 1. The molecule has 1 saturated heterocycles. The Morgan fingerprint density at radius 2 is 2.25 bits per heavy atom. The predicted molar refractivity (Wildman–Crippen MR) is 54.4 cm³/mol. The van der Waals surface area contributed by atoms with Gasteiger partial charge >= 0.3 is 5.97 Å². The fourth-order valence-corrected chi connectivity index (χ4v) is 1.65. The number of nitrogens with zero attached hydrogens (tertiary/aromatic N) is 1. The zero-order valence-electron chi connectivity index (χ0n) is 8.81. The van der Waals surface area contributed by atoms with Crippen molar-refractivity contribution < 1.29 is 19.5 Å². The van der Waals surface area contributed by atoms with Crippen LogP contribution < -0.4 is 11.1 Å². The van der Waals surface area contributed by atoms with Gasteiger partial charge in [-0.2, -0.15) is 0 Å². The zero-order valence-corrected chi connectivity index (χ0v) is 8.81. The Kier molecular flexibility index (Phi) is 4.24. The number of hydrogen-bond donors (Lipinski definition) is 3. The maximum atomic E-state index is 11.6. The normalized spacial score (nSPS) is 20.4. The summed E-state index contributed by atoms with van der Waals surface area (Å²) in [5, 5.41) is 11.2. The molecule has 16 heavy (non-hydrogen) atoms. The van der Waals surface area contributed by atoms with Crippen molar-refractivity contribution in [2.75, 3.05) is 19.6 Å². The van der Waals surface area contributed by atoms with Gasteiger partial charge in [0.2, 0.25) is 11.8 Å². The first-order valence-electron chi connectivity index (χ1n) is 5.05. The van der Waals surface area contributed by atoms with Gasteiger partial charge in [-0.25, -0.2) is 0 Å². The van der Waals surface area contributed by atoms with Gasteiger partial charge in [-0.05, 0) is 0 Å². The van der Waals surface area contributed by atoms with E-state index >= 15 is 0 Å². The average molecular weight is 229 g/mol. The average Bonchev–Trinajstić information content (AvgIpc) is 2.20. The third-order valence-corrected chi connectivity index (χ3v) is 2.38. The van der Waals surface area contributed by atoms with Gasteiger partial charge in [-0.3, -0.25) is 14.4 Å². The van der Waals surface area contributed by atoms with Crippen LogP contribution in [0.3, 0.4) is 0 Å². The molecule has 0 aromatic heterocycles. The van der Waals surface area contributed by atoms with Gasteiger partial charge < -0.3 is 21.1 Å². The standard InChI is InChI=1S/C9H15N3O4/c10-2-1-7(13)12-4-3-11-9(16)6(12)5-8(14)15/h6H,1-5,10H2,(H,11,16)(H,14,15). The molecule has 1 heterocycles. The fraction of sp³-hybridized carbons (Fsp3) is 0.667. The van der Waals surface area contributed by atoms with E-state index in [4.69, 9.17) is 10.8 Å². The molecule has 0 spiro atoms. The monoisotopic (exact) mass is 229 g/mol. The molecule has 0 saturated carbocycles. The summed E-state index contributed by atoms with van der Waals surface area (Å²) in [5.74, 6) is -1.80. The quantitative estimate of drug-likeness (QED) is 0.523. The summed E-state index contributed by atoms with van der Waals surface area (Å²) >= 11 is 0. The van der Waals surface area contributed by atoms with Gasteiger partial charge in [-0.1, -0.05) is 0 Å². The van der Waals surface area contributed by atoms with E-state index in [1.165, 1.54) is 4.90 Å². The molecule has 2 amide bonds. The number of rotatable bonds is 4. The van der Waals surface area contributed by atoms with Crippen molar-refractivity contribution in [3.05, 3.63) is 0 Å². The highest BCUT2D eigenvalue weighted by Gasteiger charge is 2.33. The second-order valence-electron chi connectivity index (χ2n) is 3.53. The molecule has 7 heteroatoms. The first kappa shape index (κ1) is 12.4. The molecule has 1 atom stereocenters. The van der Waals surface area contributed by atoms with Crippen molar-refractivity contribution in [3.63, 3.8) is 0 Å². The van der Waals surface area contributed by atoms with Crippen molar-refractivity contribution in [3.8, 4) is 0 Å². The van der Waals surface area contributed by atoms with Crippen LogP contribution in [-0.2, 0) is 14.4 Å². The molecular formula is C9H15N3O4. The van der Waals surface area contributed by atoms with E-state index in [0.29, 0.717) is 13.1 Å². The van der Waals surface area contributed by atoms with Crippen LogP contribution in [0.25, 0.3) is 0 Å². The number of nitrogens with two attached hydrogens (primary N) is 1. The number of hydrogen-bond acceptors (Lipinski definition) is 4. The minimum Gasteiger partial charge on any atom is -0.481 e. The van der Waals surface area contributed by atoms with Gasteiger partial charge in [0.1, 0.15) is 6.04 Å². The van der Waals surface area contributed by atoms with E-state index in [0.717, 1.165) is 0 Å². The Morgan fingerprint density at radius 3 is 2.81 bits per heavy atom. The number of carbonyl (C=O) groups is 3. The van der Waals surface area contributed by atoms with Gasteiger partial charge in [-0.15, -0.1) is 0 Å². The van der Waals surface area contributed by atoms with Gasteiger partial charge in [0.25, 0.3) is 0 Å². The Hall–Kier alpha value is -1.63. The Labute approximate surface area is 92.6 Å². The van der Waals surface area contributed by atoms with Crippen molar-refractivity contribution >= 4 is 17.8 Å². The molecule has 0 radical (unpaired) electrons. The second kappa shape index (κ2) is 5.45. The van der Waals surface area contributed by atoms with Crippen molar-refractivity contribution in [2.24, 2.45) is 5.73 Å². The molecule has 1 unspecified atom stereocenters. The highest BCUT2D eigenvalue weighted by atomic mass is 16.4. The number of carboxylic acid groups (broad SMARTS) is 1. The molecule has 1 aliphatic rings. The summed E-state index contributed by atoms with van der Waals surface area (Å²) in [7, 11) is 0. The minimum atomic E-state index is -1.10. The molecule has 0 aromatic carbocycles. The van der Waals surface area contributed by atoms with Crippen LogP contribution in [0.15, 0.2) is 0 Å². The number of piperazine rings is 1. The second-order valence-corrected chi connectivity index (χ2v) is 3.53. The van der Waals surface area contributed by atoms with Gasteiger partial charge in [0, 0.05) is 26.1 Å². The van der Waals surface area contributed by atoms with Crippen LogP contribution in [0.1, 0.15) is 12.8 Å². The lowest BCUT2D eigenvalue weighted by Crippen LogP contribution is -2.58. The summed E-state index contributed by atoms with van der Waals surface area (Å²) in [6.45, 7) is 0.879. The molecule has 7 nitrogen and oxygen atoms in total. The van der Waals surface area contributed by atoms with Gasteiger partial charge in [0.15, 0.2) is 0 Å². The van der Waals surface area contributed by atoms with E-state index in [9.17, 15) is 14.4 Å². The highest BCUT2D eigenvalue weighted by molar-refractivity contribution is 5.91. The van der Waals surface area contributed by atoms with E-state index in [1.807, 2.05) is 0 Å². The van der Waals surface area contributed by atoms with E-state index < -0.39 is 17.9 Å². The van der Waals surface area contributed by atoms with Crippen LogP contribution in [0, 0.1) is 0 Å². The molecule has 4 N–H and O–H groups in total. The van der Waals surface area contributed by atoms with Crippen LogP contribution in [-0.4, -0.2) is 53.5 Å². The predicted octanol–water partition coefficient (Wildman–Crippen LogP) is -1.86. The summed E-state index contributed by atoms with van der Waals surface area (Å²) < 4.78 is 0. The van der Waals surface area contributed by atoms with Crippen LogP contribution >= 0.6 is 0 Å². The molecular weight excluding hydrogens is 214 g/mol. The van der Waals surface area contributed by atoms with Crippen molar-refractivity contribution in [1.82, 2.24) is 10.2 Å². The smallest absolute Gasteiger partial charge is 0.305 e. The van der Waals surface area contributed by atoms with Crippen molar-refractivity contribution in [2.45, 2.75) is 18.9 Å². The van der Waals surface area contributed by atoms with Crippen LogP contribution in [0.5, 0.6) is 0 Å². The molecule has 90 valence electrons. The lowest BCUT2D eigenvalue weighted by Gasteiger charge is -2.34. The van der Waals surface area contributed by atoms with E-state index in [1.54, 1.807) is 0 Å². The fourth-order valence-electron chi connectivity index (χ4n) is 1.65. The molecule has 1 fully saturated rings. The maximum absolute atomic E-state index is 11.6. The molecule has 1 rings (SSSR count). The number of aliphatic carboxylic acids is 1. The minimum absolute atomic E-state index is 0.128. The third-order valence-electron chi connectivity index (χ3n) is 2.38. The lowest BCUT2D eigenvalue weighted by atomic mass is 10.1. The molecule has 0 aliphatic carbocycles. The van der Waals surface area contributed by atoms with Crippen LogP contribution in [0.2, 0.25) is 0 Å². The largest absolute Gasteiger partial charge is 0.481 e. The molecule has 0 aromatic rings. The zero-order chi connectivity index (χ0) is 12.1. The molecule has 1 aliphatic heterocycles.